The van der Waals surface area contributed by atoms with Gasteiger partial charge in [-0.05, 0) is 52.4 Å². The largest absolute Gasteiger partial charge is 0.328 e. The van der Waals surface area contributed by atoms with Gasteiger partial charge in [0.15, 0.2) is 0 Å². The molecule has 5 nitrogen and oxygen atoms in total. The van der Waals surface area contributed by atoms with Crippen LogP contribution >= 0.6 is 0 Å². The van der Waals surface area contributed by atoms with Crippen molar-refractivity contribution in [2.75, 3.05) is 87.1 Å². The second kappa shape index (κ2) is 18.2. The number of hydrogen-bond acceptors (Lipinski definition) is 4. The summed E-state index contributed by atoms with van der Waals surface area (Å²) >= 11 is 0. The van der Waals surface area contributed by atoms with E-state index in [0.717, 1.165) is 23.0 Å². The molecule has 0 aliphatic carbocycles. The average Bonchev–Trinajstić information content (AvgIpc) is 2.84. The molecule has 1 N–H and O–H groups in total. The molecule has 0 spiro atoms. The van der Waals surface area contributed by atoms with E-state index in [-0.39, 0.29) is 0 Å². The molecule has 0 amide bonds. The lowest BCUT2D eigenvalue weighted by molar-refractivity contribution is -0.900. The Labute approximate surface area is 226 Å². The van der Waals surface area contributed by atoms with Crippen molar-refractivity contribution in [1.29, 1.82) is 0 Å². The van der Waals surface area contributed by atoms with Crippen molar-refractivity contribution in [2.24, 2.45) is 5.92 Å². The molecule has 0 aromatic rings. The third-order valence-electron chi connectivity index (χ3n) is 9.22. The Morgan fingerprint density at radius 1 is 0.750 bits per heavy atom. The van der Waals surface area contributed by atoms with Gasteiger partial charge in [0.05, 0.1) is 27.2 Å². The van der Waals surface area contributed by atoms with Crippen molar-refractivity contribution >= 4 is 0 Å². The van der Waals surface area contributed by atoms with Crippen molar-refractivity contribution in [1.82, 2.24) is 20.0 Å². The minimum absolute atomic E-state index is 0.696. The molecule has 5 unspecified atom stereocenters. The van der Waals surface area contributed by atoms with Crippen LogP contribution in [0.2, 0.25) is 0 Å². The zero-order valence-corrected chi connectivity index (χ0v) is 25.6. The zero-order chi connectivity index (χ0) is 26.2. The molecule has 214 valence electrons. The Bertz CT molecular complexity index is 534. The highest BCUT2D eigenvalue weighted by Crippen LogP contribution is 2.31. The molecule has 2 rings (SSSR count). The fourth-order valence-corrected chi connectivity index (χ4v) is 7.06. The summed E-state index contributed by atoms with van der Waals surface area (Å²) in [7, 11) is 9.70. The molecule has 2 bridgehead atoms. The summed E-state index contributed by atoms with van der Waals surface area (Å²) in [5.41, 5.74) is 0. The van der Waals surface area contributed by atoms with Crippen molar-refractivity contribution in [2.45, 2.75) is 109 Å². The van der Waals surface area contributed by atoms with Gasteiger partial charge in [-0.1, -0.05) is 71.6 Å². The molecule has 5 atom stereocenters. The van der Waals surface area contributed by atoms with Gasteiger partial charge in [0.1, 0.15) is 0 Å². The second-order valence-corrected chi connectivity index (χ2v) is 13.0. The summed E-state index contributed by atoms with van der Waals surface area (Å²) in [6.07, 6.45) is 18.2. The lowest BCUT2D eigenvalue weighted by Gasteiger charge is -2.47. The van der Waals surface area contributed by atoms with Crippen LogP contribution in [0.3, 0.4) is 0 Å². The van der Waals surface area contributed by atoms with Gasteiger partial charge in [-0.3, -0.25) is 4.90 Å². The molecule has 0 aromatic carbocycles. The fourth-order valence-electron chi connectivity index (χ4n) is 7.06. The first-order chi connectivity index (χ1) is 17.4. The van der Waals surface area contributed by atoms with Crippen LogP contribution in [0.15, 0.2) is 0 Å². The SMILES string of the molecule is CCCCCCCCCCCC(C1CCNCCN2CCCN(C)CCN1CC2)C(CC)[N+](C)(C)C. The second-order valence-electron chi connectivity index (χ2n) is 13.0. The van der Waals surface area contributed by atoms with Crippen LogP contribution in [0.4, 0.5) is 0 Å². The smallest absolute Gasteiger partial charge is 0.0925 e. The summed E-state index contributed by atoms with van der Waals surface area (Å²) in [5, 5.41) is 3.83. The molecule has 0 radical (unpaired) electrons. The highest BCUT2D eigenvalue weighted by molar-refractivity contribution is 4.87. The third-order valence-corrected chi connectivity index (χ3v) is 9.22. The van der Waals surface area contributed by atoms with Crippen LogP contribution < -0.4 is 5.32 Å². The maximum atomic E-state index is 3.83. The Hall–Kier alpha value is -0.200. The number of rotatable bonds is 14. The van der Waals surface area contributed by atoms with E-state index in [1.54, 1.807) is 0 Å². The molecular weight excluding hydrogens is 442 g/mol. The van der Waals surface area contributed by atoms with Gasteiger partial charge in [0.25, 0.3) is 0 Å². The molecule has 0 aromatic heterocycles. The highest BCUT2D eigenvalue weighted by Gasteiger charge is 2.39. The van der Waals surface area contributed by atoms with E-state index in [9.17, 15) is 0 Å². The minimum Gasteiger partial charge on any atom is -0.328 e. The van der Waals surface area contributed by atoms with Crippen molar-refractivity contribution in [3.05, 3.63) is 0 Å². The molecule has 2 aliphatic heterocycles. The summed E-state index contributed by atoms with van der Waals surface area (Å²) in [6, 6.07) is 1.43. The molecule has 36 heavy (non-hydrogen) atoms. The van der Waals surface area contributed by atoms with Gasteiger partial charge in [0.2, 0.25) is 0 Å². The van der Waals surface area contributed by atoms with Crippen LogP contribution in [-0.2, 0) is 0 Å². The number of nitrogens with zero attached hydrogens (tertiary/aromatic N) is 4. The standard InChI is InChI=1S/C31H66N5/c1-7-9-10-11-12-13-14-15-16-18-29(31(8-2)36(4,5)6)30-19-20-32-21-24-34-23-17-22-33(3)25-27-35(30)28-26-34/h29-32H,7-28H2,1-6H3/q+1. The minimum atomic E-state index is 0.696. The van der Waals surface area contributed by atoms with E-state index in [1.807, 2.05) is 0 Å². The number of likely N-dealkylation sites (N-methyl/N-ethyl adjacent to an activating group) is 1. The van der Waals surface area contributed by atoms with E-state index >= 15 is 0 Å². The predicted molar refractivity (Wildman–Crippen MR) is 159 cm³/mol. The summed E-state index contributed by atoms with van der Waals surface area (Å²) < 4.78 is 1.10. The molecule has 2 aliphatic rings. The van der Waals surface area contributed by atoms with Gasteiger partial charge >= 0.3 is 0 Å². The first-order valence-electron chi connectivity index (χ1n) is 16.0. The summed E-state index contributed by atoms with van der Waals surface area (Å²) in [5.74, 6) is 0.780. The number of fused-ring (bicyclic) bond motifs is 3. The summed E-state index contributed by atoms with van der Waals surface area (Å²) in [6.45, 7) is 15.7. The molecule has 2 fully saturated rings. The van der Waals surface area contributed by atoms with Crippen molar-refractivity contribution in [3.8, 4) is 0 Å². The van der Waals surface area contributed by atoms with Crippen LogP contribution in [0.25, 0.3) is 0 Å². The monoisotopic (exact) mass is 509 g/mol. The molecule has 0 saturated carbocycles. The van der Waals surface area contributed by atoms with E-state index in [2.05, 4.69) is 62.1 Å². The zero-order valence-electron chi connectivity index (χ0n) is 25.6. The van der Waals surface area contributed by atoms with Gasteiger partial charge in [-0.15, -0.1) is 0 Å². The van der Waals surface area contributed by atoms with Crippen LogP contribution in [-0.4, -0.2) is 118 Å². The molecule has 5 heteroatoms. The van der Waals surface area contributed by atoms with Gasteiger partial charge in [-0.2, -0.15) is 0 Å². The Balaban J connectivity index is 2.09. The highest BCUT2D eigenvalue weighted by atomic mass is 15.3. The van der Waals surface area contributed by atoms with E-state index in [1.165, 1.54) is 136 Å². The first-order valence-corrected chi connectivity index (χ1v) is 16.0. The Morgan fingerprint density at radius 2 is 1.42 bits per heavy atom. The maximum Gasteiger partial charge on any atom is 0.0925 e. The van der Waals surface area contributed by atoms with Crippen LogP contribution in [0.5, 0.6) is 0 Å². The van der Waals surface area contributed by atoms with Gasteiger partial charge in [-0.25, -0.2) is 0 Å². The number of hydrogen-bond donors (Lipinski definition) is 1. The van der Waals surface area contributed by atoms with Crippen LogP contribution in [0.1, 0.15) is 97.3 Å². The van der Waals surface area contributed by atoms with Gasteiger partial charge < -0.3 is 19.6 Å². The van der Waals surface area contributed by atoms with Gasteiger partial charge in [0, 0.05) is 51.2 Å². The van der Waals surface area contributed by atoms with E-state index in [0.29, 0.717) is 6.04 Å². The quantitative estimate of drug-likeness (QED) is 0.253. The maximum absolute atomic E-state index is 3.83. The molecule has 2 saturated heterocycles. The fraction of sp³-hybridized carbons (Fsp3) is 1.00. The third kappa shape index (κ3) is 12.1. The average molecular weight is 509 g/mol. The number of quaternary nitrogens is 1. The van der Waals surface area contributed by atoms with Crippen LogP contribution in [0, 0.1) is 5.92 Å². The number of unbranched alkanes of at least 4 members (excludes halogenated alkanes) is 8. The predicted octanol–water partition coefficient (Wildman–Crippen LogP) is 5.31. The topological polar surface area (TPSA) is 21.8 Å². The van der Waals surface area contributed by atoms with Crippen molar-refractivity contribution < 1.29 is 4.48 Å². The Morgan fingerprint density at radius 3 is 2.08 bits per heavy atom. The number of nitrogens with one attached hydrogen (secondary N) is 1. The van der Waals surface area contributed by atoms with Crippen molar-refractivity contribution in [3.63, 3.8) is 0 Å². The molecular formula is C31H66N5+. The Kier molecular flexibility index (Phi) is 16.1. The molecule has 2 heterocycles. The first kappa shape index (κ1) is 32.0. The normalized spacial score (nSPS) is 27.0. The lowest BCUT2D eigenvalue weighted by Crippen LogP contribution is -2.58. The van der Waals surface area contributed by atoms with E-state index in [4.69, 9.17) is 0 Å². The van der Waals surface area contributed by atoms with E-state index < -0.39 is 0 Å². The summed E-state index contributed by atoms with van der Waals surface area (Å²) in [4.78, 5) is 8.26. The lowest BCUT2D eigenvalue weighted by atomic mass is 9.81.